The number of para-hydroxylation sites is 2. The summed E-state index contributed by atoms with van der Waals surface area (Å²) >= 11 is 0. The van der Waals surface area contributed by atoms with Crippen molar-refractivity contribution in [2.75, 3.05) is 6.61 Å². The van der Waals surface area contributed by atoms with E-state index < -0.39 is 18.4 Å². The van der Waals surface area contributed by atoms with Gasteiger partial charge in [0.25, 0.3) is 0 Å². The van der Waals surface area contributed by atoms with Crippen LogP contribution in [0.25, 0.3) is 11.0 Å². The van der Waals surface area contributed by atoms with Crippen LogP contribution in [0.4, 0.5) is 0 Å². The molecule has 5 atom stereocenters. The molecular weight excluding hydrogens is 246 g/mol. The molecule has 0 spiro atoms. The minimum absolute atomic E-state index is 0.217. The lowest BCUT2D eigenvalue weighted by atomic mass is 9.97. The van der Waals surface area contributed by atoms with Gasteiger partial charge in [0, 0.05) is 0 Å². The van der Waals surface area contributed by atoms with Crippen LogP contribution >= 0.6 is 0 Å². The van der Waals surface area contributed by atoms with Gasteiger partial charge in [-0.15, -0.1) is 0 Å². The van der Waals surface area contributed by atoms with E-state index in [0.717, 1.165) is 11.0 Å². The Kier molecular flexibility index (Phi) is 2.40. The molecule has 100 valence electrons. The Hall–Kier alpha value is -1.47. The summed E-state index contributed by atoms with van der Waals surface area (Å²) in [7, 11) is 0. The summed E-state index contributed by atoms with van der Waals surface area (Å²) in [5.41, 5.74) is 7.83. The van der Waals surface area contributed by atoms with Crippen molar-refractivity contribution in [2.45, 2.75) is 30.6 Å². The number of aliphatic hydroxyl groups excluding tert-OH is 1. The maximum Gasteiger partial charge on any atom is 0.181 e. The number of hydrogen-bond donors (Lipinski definition) is 2. The molecule has 1 aromatic heterocycles. The van der Waals surface area contributed by atoms with Crippen molar-refractivity contribution in [3.8, 4) is 0 Å². The van der Waals surface area contributed by atoms with E-state index in [0.29, 0.717) is 6.61 Å². The molecule has 6 heteroatoms. The predicted molar refractivity (Wildman–Crippen MR) is 67.4 cm³/mol. The standard InChI is InChI=1S/C13H15N3O3/c14-10-9-5-18-13(19-9)11(12(10)17)16-6-15-7-3-1-2-4-8(7)16/h1-4,6,9-13,17H,5,14H2/t9-,10-,11-,12+,13-/m1/s1. The summed E-state index contributed by atoms with van der Waals surface area (Å²) in [4.78, 5) is 4.34. The molecule has 2 aromatic rings. The Labute approximate surface area is 109 Å². The summed E-state index contributed by atoms with van der Waals surface area (Å²) in [6.07, 6.45) is 0.323. The van der Waals surface area contributed by atoms with E-state index in [1.165, 1.54) is 0 Å². The van der Waals surface area contributed by atoms with Crippen LogP contribution in [-0.4, -0.2) is 45.8 Å². The minimum atomic E-state index is -0.705. The SMILES string of the molecule is N[C@H]1[C@H](O)[C@@H](n2cnc3ccccc32)[C@@H]2OC[C@H]1O2. The number of aromatic nitrogens is 2. The van der Waals surface area contributed by atoms with E-state index in [1.807, 2.05) is 28.8 Å². The molecule has 1 aromatic carbocycles. The van der Waals surface area contributed by atoms with Gasteiger partial charge in [-0.2, -0.15) is 0 Å². The van der Waals surface area contributed by atoms with Crippen molar-refractivity contribution < 1.29 is 14.6 Å². The molecule has 3 N–H and O–H groups in total. The number of aliphatic hydroxyl groups is 1. The van der Waals surface area contributed by atoms with Gasteiger partial charge in [0.1, 0.15) is 12.1 Å². The predicted octanol–water partition coefficient (Wildman–Crippen LogP) is 0.0207. The summed E-state index contributed by atoms with van der Waals surface area (Å²) in [5, 5.41) is 10.4. The highest BCUT2D eigenvalue weighted by Crippen LogP contribution is 2.36. The third kappa shape index (κ3) is 1.54. The van der Waals surface area contributed by atoms with Crippen LogP contribution in [0.3, 0.4) is 0 Å². The first-order valence-electron chi connectivity index (χ1n) is 6.38. The van der Waals surface area contributed by atoms with Crippen molar-refractivity contribution in [2.24, 2.45) is 5.73 Å². The highest BCUT2D eigenvalue weighted by molar-refractivity contribution is 5.75. The molecule has 0 saturated carbocycles. The van der Waals surface area contributed by atoms with Crippen LogP contribution in [0.2, 0.25) is 0 Å². The number of hydrogen-bond acceptors (Lipinski definition) is 5. The quantitative estimate of drug-likeness (QED) is 0.756. The first-order chi connectivity index (χ1) is 9.25. The van der Waals surface area contributed by atoms with E-state index in [2.05, 4.69) is 4.98 Å². The molecule has 0 amide bonds. The van der Waals surface area contributed by atoms with E-state index >= 15 is 0 Å². The number of nitrogens with two attached hydrogens (primary N) is 1. The zero-order chi connectivity index (χ0) is 13.0. The fraction of sp³-hybridized carbons (Fsp3) is 0.462. The number of imidazole rings is 1. The number of fused-ring (bicyclic) bond motifs is 3. The lowest BCUT2D eigenvalue weighted by molar-refractivity contribution is -0.159. The Morgan fingerprint density at radius 2 is 2.21 bits per heavy atom. The molecule has 2 fully saturated rings. The molecule has 2 aliphatic heterocycles. The van der Waals surface area contributed by atoms with Gasteiger partial charge in [0.2, 0.25) is 0 Å². The topological polar surface area (TPSA) is 82.5 Å². The number of nitrogens with zero attached hydrogens (tertiary/aromatic N) is 2. The van der Waals surface area contributed by atoms with Crippen molar-refractivity contribution in [3.63, 3.8) is 0 Å². The zero-order valence-corrected chi connectivity index (χ0v) is 10.2. The Bertz CT molecular complexity index is 614. The van der Waals surface area contributed by atoms with Crippen LogP contribution in [0.5, 0.6) is 0 Å². The normalized spacial score (nSPS) is 37.9. The molecule has 19 heavy (non-hydrogen) atoms. The van der Waals surface area contributed by atoms with Gasteiger partial charge in [-0.05, 0) is 12.1 Å². The molecule has 3 heterocycles. The average molecular weight is 261 g/mol. The summed E-state index contributed by atoms with van der Waals surface area (Å²) < 4.78 is 13.2. The molecule has 0 unspecified atom stereocenters. The lowest BCUT2D eigenvalue weighted by Crippen LogP contribution is -2.55. The van der Waals surface area contributed by atoms with Gasteiger partial charge in [-0.3, -0.25) is 0 Å². The van der Waals surface area contributed by atoms with Crippen molar-refractivity contribution >= 4 is 11.0 Å². The van der Waals surface area contributed by atoms with Gasteiger partial charge in [0.15, 0.2) is 6.29 Å². The van der Waals surface area contributed by atoms with Crippen LogP contribution in [0.1, 0.15) is 6.04 Å². The molecule has 2 saturated heterocycles. The van der Waals surface area contributed by atoms with Gasteiger partial charge >= 0.3 is 0 Å². The second kappa shape index (κ2) is 4.01. The minimum Gasteiger partial charge on any atom is -0.389 e. The van der Waals surface area contributed by atoms with Gasteiger partial charge in [-0.25, -0.2) is 4.98 Å². The van der Waals surface area contributed by atoms with Crippen LogP contribution in [0, 0.1) is 0 Å². The molecule has 6 nitrogen and oxygen atoms in total. The van der Waals surface area contributed by atoms with Crippen LogP contribution in [0.15, 0.2) is 30.6 Å². The summed E-state index contributed by atoms with van der Waals surface area (Å²) in [5.74, 6) is 0. The Balaban J connectivity index is 1.82. The smallest absolute Gasteiger partial charge is 0.181 e. The van der Waals surface area contributed by atoms with Gasteiger partial charge < -0.3 is 24.9 Å². The number of ether oxygens (including phenoxy) is 2. The van der Waals surface area contributed by atoms with Crippen molar-refractivity contribution in [3.05, 3.63) is 30.6 Å². The second-order valence-corrected chi connectivity index (χ2v) is 5.08. The van der Waals surface area contributed by atoms with Crippen molar-refractivity contribution in [1.29, 1.82) is 0 Å². The Morgan fingerprint density at radius 1 is 1.37 bits per heavy atom. The van der Waals surface area contributed by atoms with Gasteiger partial charge in [-0.1, -0.05) is 12.1 Å². The van der Waals surface area contributed by atoms with Crippen LogP contribution in [-0.2, 0) is 9.47 Å². The fourth-order valence-electron chi connectivity index (χ4n) is 2.94. The molecule has 0 radical (unpaired) electrons. The van der Waals surface area contributed by atoms with Crippen LogP contribution < -0.4 is 5.73 Å². The maximum atomic E-state index is 10.4. The zero-order valence-electron chi connectivity index (χ0n) is 10.2. The summed E-state index contributed by atoms with van der Waals surface area (Å²) in [6.45, 7) is 0.437. The molecule has 2 bridgehead atoms. The largest absolute Gasteiger partial charge is 0.389 e. The third-order valence-electron chi connectivity index (χ3n) is 3.99. The molecular formula is C13H15N3O3. The molecule has 4 rings (SSSR count). The first-order valence-corrected chi connectivity index (χ1v) is 6.38. The fourth-order valence-corrected chi connectivity index (χ4v) is 2.94. The van der Waals surface area contributed by atoms with E-state index in [4.69, 9.17) is 15.2 Å². The van der Waals surface area contributed by atoms with E-state index in [9.17, 15) is 5.11 Å². The highest BCUT2D eigenvalue weighted by atomic mass is 16.7. The van der Waals surface area contributed by atoms with E-state index in [1.54, 1.807) is 6.33 Å². The van der Waals surface area contributed by atoms with Gasteiger partial charge in [0.05, 0.1) is 36.1 Å². The third-order valence-corrected chi connectivity index (χ3v) is 3.99. The van der Waals surface area contributed by atoms with Crippen molar-refractivity contribution in [1.82, 2.24) is 9.55 Å². The second-order valence-electron chi connectivity index (χ2n) is 5.08. The Morgan fingerprint density at radius 3 is 3.11 bits per heavy atom. The van der Waals surface area contributed by atoms with E-state index in [-0.39, 0.29) is 12.1 Å². The maximum absolute atomic E-state index is 10.4. The highest BCUT2D eigenvalue weighted by Gasteiger charge is 2.49. The lowest BCUT2D eigenvalue weighted by Gasteiger charge is -2.37. The monoisotopic (exact) mass is 261 g/mol. The number of rotatable bonds is 1. The average Bonchev–Trinajstić information content (AvgIpc) is 3.03. The number of benzene rings is 1. The first kappa shape index (κ1) is 11.4. The molecule has 2 aliphatic rings. The summed E-state index contributed by atoms with van der Waals surface area (Å²) in [6, 6.07) is 6.96. The molecule has 0 aliphatic carbocycles.